The van der Waals surface area contributed by atoms with Crippen LogP contribution in [0.3, 0.4) is 0 Å². The maximum absolute atomic E-state index is 11.7. The van der Waals surface area contributed by atoms with Crippen LogP contribution in [0.2, 0.25) is 0 Å². The van der Waals surface area contributed by atoms with E-state index in [1.165, 1.54) is 18.1 Å². The van der Waals surface area contributed by atoms with Crippen LogP contribution in [0.4, 0.5) is 5.69 Å². The molecular weight excluding hydrogens is 286 g/mol. The summed E-state index contributed by atoms with van der Waals surface area (Å²) in [6.45, 7) is 0. The fraction of sp³-hybridized carbons (Fsp3) is 0.0667. The van der Waals surface area contributed by atoms with Crippen LogP contribution >= 0.6 is 11.8 Å². The van der Waals surface area contributed by atoms with Gasteiger partial charge in [0, 0.05) is 10.6 Å². The van der Waals surface area contributed by atoms with Crippen molar-refractivity contribution in [3.63, 3.8) is 0 Å². The number of hydrogen-bond acceptors (Lipinski definition) is 5. The smallest absolute Gasteiger partial charge is 0.258 e. The first-order chi connectivity index (χ1) is 10.2. The van der Waals surface area contributed by atoms with Crippen molar-refractivity contribution >= 4 is 28.4 Å². The fourth-order valence-electron chi connectivity index (χ4n) is 2.02. The lowest BCUT2D eigenvalue weighted by Crippen LogP contribution is -2.07. The van der Waals surface area contributed by atoms with Gasteiger partial charge in [-0.1, -0.05) is 23.9 Å². The third kappa shape index (κ3) is 2.57. The number of rotatable bonds is 3. The molecule has 3 rings (SSSR count). The molecule has 3 N–H and O–H groups in total. The van der Waals surface area contributed by atoms with Gasteiger partial charge in [0.1, 0.15) is 5.75 Å². The van der Waals surface area contributed by atoms with Gasteiger partial charge in [-0.25, -0.2) is 4.98 Å². The van der Waals surface area contributed by atoms with Crippen molar-refractivity contribution < 1.29 is 4.74 Å². The molecule has 1 heterocycles. The normalized spacial score (nSPS) is 10.7. The van der Waals surface area contributed by atoms with Crippen LogP contribution in [0.25, 0.3) is 10.9 Å². The molecule has 0 saturated heterocycles. The topological polar surface area (TPSA) is 81.0 Å². The summed E-state index contributed by atoms with van der Waals surface area (Å²) in [4.78, 5) is 20.2. The number of nitrogens with zero attached hydrogens (tertiary/aromatic N) is 1. The molecule has 0 fully saturated rings. The van der Waals surface area contributed by atoms with Crippen LogP contribution in [-0.2, 0) is 0 Å². The van der Waals surface area contributed by atoms with Crippen LogP contribution in [0, 0.1) is 0 Å². The number of fused-ring (bicyclic) bond motifs is 1. The van der Waals surface area contributed by atoms with Gasteiger partial charge in [0.05, 0.1) is 29.2 Å². The van der Waals surface area contributed by atoms with Crippen molar-refractivity contribution in [2.24, 2.45) is 0 Å². The number of hydrogen-bond donors (Lipinski definition) is 2. The Bertz CT molecular complexity index is 861. The average Bonchev–Trinajstić information content (AvgIpc) is 2.50. The maximum atomic E-state index is 11.7. The summed E-state index contributed by atoms with van der Waals surface area (Å²) in [7, 11) is 1.63. The Morgan fingerprint density at radius 3 is 2.86 bits per heavy atom. The molecule has 21 heavy (non-hydrogen) atoms. The highest BCUT2D eigenvalue weighted by Gasteiger charge is 2.10. The Morgan fingerprint density at radius 1 is 1.24 bits per heavy atom. The summed E-state index contributed by atoms with van der Waals surface area (Å²) < 4.78 is 5.33. The zero-order valence-electron chi connectivity index (χ0n) is 11.3. The monoisotopic (exact) mass is 299 g/mol. The van der Waals surface area contributed by atoms with Gasteiger partial charge in [-0.05, 0) is 24.3 Å². The molecule has 0 unspecified atom stereocenters. The number of ether oxygens (including phenoxy) is 1. The first kappa shape index (κ1) is 13.5. The van der Waals surface area contributed by atoms with Crippen LogP contribution in [0.15, 0.2) is 57.3 Å². The van der Waals surface area contributed by atoms with Crippen LogP contribution in [0.5, 0.6) is 5.75 Å². The third-order valence-electron chi connectivity index (χ3n) is 3.06. The highest BCUT2D eigenvalue weighted by Crippen LogP contribution is 2.38. The summed E-state index contributed by atoms with van der Waals surface area (Å²) in [5.74, 6) is 0.779. The van der Waals surface area contributed by atoms with Gasteiger partial charge in [0.25, 0.3) is 5.56 Å². The molecule has 6 heteroatoms. The fourth-order valence-corrected chi connectivity index (χ4v) is 3.01. The number of para-hydroxylation sites is 1. The number of benzene rings is 2. The molecule has 0 aliphatic carbocycles. The van der Waals surface area contributed by atoms with E-state index in [-0.39, 0.29) is 5.56 Å². The lowest BCUT2D eigenvalue weighted by Gasteiger charge is -2.10. The predicted molar refractivity (Wildman–Crippen MR) is 83.9 cm³/mol. The molecule has 0 radical (unpaired) electrons. The Hall–Kier alpha value is -2.47. The number of H-pyrrole nitrogens is 1. The van der Waals surface area contributed by atoms with Crippen LogP contribution in [0.1, 0.15) is 0 Å². The van der Waals surface area contributed by atoms with Gasteiger partial charge in [-0.2, -0.15) is 0 Å². The van der Waals surface area contributed by atoms with E-state index in [4.69, 9.17) is 10.5 Å². The quantitative estimate of drug-likeness (QED) is 0.727. The molecule has 2 aromatic carbocycles. The van der Waals surface area contributed by atoms with Gasteiger partial charge in [0.2, 0.25) is 0 Å². The molecule has 5 nitrogen and oxygen atoms in total. The summed E-state index contributed by atoms with van der Waals surface area (Å²) in [5.41, 5.74) is 7.01. The van der Waals surface area contributed by atoms with Gasteiger partial charge in [0.15, 0.2) is 0 Å². The predicted octanol–water partition coefficient (Wildman–Crippen LogP) is 2.67. The van der Waals surface area contributed by atoms with Crippen molar-refractivity contribution in [1.82, 2.24) is 9.97 Å². The van der Waals surface area contributed by atoms with Gasteiger partial charge < -0.3 is 15.5 Å². The molecule has 3 aromatic rings. The molecule has 0 saturated carbocycles. The molecule has 0 aliphatic heterocycles. The third-order valence-corrected chi connectivity index (χ3v) is 4.19. The Morgan fingerprint density at radius 2 is 2.05 bits per heavy atom. The summed E-state index contributed by atoms with van der Waals surface area (Å²) in [6, 6.07) is 11.2. The molecule has 0 aliphatic rings. The second-order valence-corrected chi connectivity index (χ2v) is 5.48. The molecule has 106 valence electrons. The number of aromatic nitrogens is 2. The average molecular weight is 299 g/mol. The maximum Gasteiger partial charge on any atom is 0.258 e. The summed E-state index contributed by atoms with van der Waals surface area (Å²) in [6.07, 6.45) is 1.39. The van der Waals surface area contributed by atoms with E-state index in [0.717, 1.165) is 15.5 Å². The first-order valence-electron chi connectivity index (χ1n) is 6.27. The number of nitrogens with one attached hydrogen (secondary N) is 1. The van der Waals surface area contributed by atoms with Gasteiger partial charge >= 0.3 is 0 Å². The van der Waals surface area contributed by atoms with E-state index in [0.29, 0.717) is 16.6 Å². The number of aromatic amines is 1. The first-order valence-corrected chi connectivity index (χ1v) is 7.08. The van der Waals surface area contributed by atoms with Crippen molar-refractivity contribution in [2.45, 2.75) is 9.79 Å². The van der Waals surface area contributed by atoms with Gasteiger partial charge in [-0.15, -0.1) is 0 Å². The number of nitrogens with two attached hydrogens (primary N) is 1. The summed E-state index contributed by atoms with van der Waals surface area (Å²) >= 11 is 1.48. The lowest BCUT2D eigenvalue weighted by atomic mass is 10.2. The molecule has 0 amide bonds. The van der Waals surface area contributed by atoms with Crippen molar-refractivity contribution in [1.29, 1.82) is 0 Å². The van der Waals surface area contributed by atoms with E-state index in [1.54, 1.807) is 13.2 Å². The molecule has 0 bridgehead atoms. The minimum atomic E-state index is -0.194. The van der Waals surface area contributed by atoms with E-state index >= 15 is 0 Å². The Kier molecular flexibility index (Phi) is 3.53. The van der Waals surface area contributed by atoms with Crippen LogP contribution < -0.4 is 16.0 Å². The van der Waals surface area contributed by atoms with Gasteiger partial charge in [-0.3, -0.25) is 4.79 Å². The Labute approximate surface area is 125 Å². The standard InChI is InChI=1S/C15H13N3O2S/c1-20-12-4-2-3-5-13(12)21-14-7-11-9(6-10(14)16)15(19)18-8-17-11/h2-8H,16H2,1H3,(H,17,18,19). The number of nitrogen functional groups attached to an aromatic ring is 1. The van der Waals surface area contributed by atoms with E-state index in [9.17, 15) is 4.79 Å². The Balaban J connectivity index is 2.09. The van der Waals surface area contributed by atoms with Crippen molar-refractivity contribution in [2.75, 3.05) is 12.8 Å². The highest BCUT2D eigenvalue weighted by atomic mass is 32.2. The van der Waals surface area contributed by atoms with E-state index in [1.807, 2.05) is 30.3 Å². The minimum Gasteiger partial charge on any atom is -0.496 e. The zero-order valence-corrected chi connectivity index (χ0v) is 12.1. The minimum absolute atomic E-state index is 0.194. The molecule has 0 spiro atoms. The number of anilines is 1. The SMILES string of the molecule is COc1ccccc1Sc1cc2nc[nH]c(=O)c2cc1N. The van der Waals surface area contributed by atoms with E-state index in [2.05, 4.69) is 9.97 Å². The molecular formula is C15H13N3O2S. The van der Waals surface area contributed by atoms with E-state index < -0.39 is 0 Å². The second-order valence-electron chi connectivity index (χ2n) is 4.39. The largest absolute Gasteiger partial charge is 0.496 e. The van der Waals surface area contributed by atoms with Crippen LogP contribution in [-0.4, -0.2) is 17.1 Å². The summed E-state index contributed by atoms with van der Waals surface area (Å²) in [5, 5.41) is 0.486. The zero-order chi connectivity index (χ0) is 14.8. The highest BCUT2D eigenvalue weighted by molar-refractivity contribution is 7.99. The second kappa shape index (κ2) is 5.49. The molecule has 1 aromatic heterocycles. The van der Waals surface area contributed by atoms with Crippen molar-refractivity contribution in [3.8, 4) is 5.75 Å². The molecule has 0 atom stereocenters. The lowest BCUT2D eigenvalue weighted by molar-refractivity contribution is 0.405. The van der Waals surface area contributed by atoms with Crippen molar-refractivity contribution in [3.05, 3.63) is 53.1 Å². The number of methoxy groups -OCH3 is 1.